The summed E-state index contributed by atoms with van der Waals surface area (Å²) in [4.78, 5) is 17.5. The van der Waals surface area contributed by atoms with E-state index in [1.54, 1.807) is 18.2 Å². The fourth-order valence-corrected chi connectivity index (χ4v) is 7.20. The van der Waals surface area contributed by atoms with Gasteiger partial charge in [0.25, 0.3) is 0 Å². The number of halogens is 2. The molecule has 0 N–H and O–H groups in total. The topological polar surface area (TPSA) is 79.4 Å². The number of piperidine rings is 1. The van der Waals surface area contributed by atoms with Crippen molar-refractivity contribution >= 4 is 39.1 Å². The van der Waals surface area contributed by atoms with Gasteiger partial charge in [0.15, 0.2) is 11.5 Å². The molecule has 1 atom stereocenters. The van der Waals surface area contributed by atoms with Crippen molar-refractivity contribution in [1.82, 2.24) is 14.1 Å². The molecule has 0 radical (unpaired) electrons. The van der Waals surface area contributed by atoms with Gasteiger partial charge in [0.1, 0.15) is 0 Å². The number of hydrogen-bond donors (Lipinski definition) is 0. The quantitative estimate of drug-likeness (QED) is 0.543. The summed E-state index contributed by atoms with van der Waals surface area (Å²) >= 11 is 12.1. The van der Waals surface area contributed by atoms with Crippen molar-refractivity contribution in [3.63, 3.8) is 0 Å². The Hall–Kier alpha value is -2.04. The smallest absolute Gasteiger partial charge is 0.231 e. The van der Waals surface area contributed by atoms with Crippen LogP contribution < -0.4 is 9.47 Å². The molecule has 2 aromatic rings. The van der Waals surface area contributed by atoms with E-state index in [2.05, 4.69) is 4.90 Å². The summed E-state index contributed by atoms with van der Waals surface area (Å²) in [5, 5.41) is 0.787. The minimum Gasteiger partial charge on any atom is -0.454 e. The highest BCUT2D eigenvalue weighted by atomic mass is 35.5. The SMILES string of the molecule is O=C([C@@H]1CCCN(S(=O)(=O)Cc2ccc(Cl)cc2Cl)C1)N1CCN(Cc2ccc3c(c2)OCO3)CC1. The molecule has 8 nitrogen and oxygen atoms in total. The highest BCUT2D eigenvalue weighted by Gasteiger charge is 2.35. The maximum absolute atomic E-state index is 13.3. The number of piperazine rings is 1. The van der Waals surface area contributed by atoms with Gasteiger partial charge < -0.3 is 14.4 Å². The molecule has 3 aliphatic rings. The van der Waals surface area contributed by atoms with Crippen LogP contribution >= 0.6 is 23.2 Å². The summed E-state index contributed by atoms with van der Waals surface area (Å²) < 4.78 is 38.5. The third-order valence-electron chi connectivity index (χ3n) is 7.01. The monoisotopic (exact) mass is 553 g/mol. The Balaban J connectivity index is 1.15. The van der Waals surface area contributed by atoms with E-state index in [9.17, 15) is 13.2 Å². The second kappa shape index (κ2) is 10.8. The number of nitrogens with zero attached hydrogens (tertiary/aromatic N) is 3. The number of hydrogen-bond acceptors (Lipinski definition) is 6. The van der Waals surface area contributed by atoms with Crippen LogP contribution in [-0.2, 0) is 27.1 Å². The van der Waals surface area contributed by atoms with Gasteiger partial charge in [-0.15, -0.1) is 0 Å². The average Bonchev–Trinajstić information content (AvgIpc) is 3.34. The van der Waals surface area contributed by atoms with Gasteiger partial charge in [-0.2, -0.15) is 0 Å². The molecule has 0 unspecified atom stereocenters. The molecule has 2 saturated heterocycles. The molecule has 5 rings (SSSR count). The van der Waals surface area contributed by atoms with Gasteiger partial charge in [-0.3, -0.25) is 9.69 Å². The van der Waals surface area contributed by atoms with Crippen LogP contribution in [0.4, 0.5) is 0 Å². The normalized spacial score (nSPS) is 21.1. The van der Waals surface area contributed by atoms with Gasteiger partial charge in [0.05, 0.1) is 11.7 Å². The zero-order valence-electron chi connectivity index (χ0n) is 19.9. The zero-order valence-corrected chi connectivity index (χ0v) is 22.2. The molecule has 11 heteroatoms. The van der Waals surface area contributed by atoms with Crippen LogP contribution in [0, 0.1) is 5.92 Å². The summed E-state index contributed by atoms with van der Waals surface area (Å²) in [6.45, 7) is 4.47. The summed E-state index contributed by atoms with van der Waals surface area (Å²) in [5.41, 5.74) is 1.65. The summed E-state index contributed by atoms with van der Waals surface area (Å²) in [6, 6.07) is 10.8. The molecule has 1 amide bonds. The first-order valence-electron chi connectivity index (χ1n) is 12.1. The molecule has 0 saturated carbocycles. The number of amides is 1. The number of carbonyl (C=O) groups excluding carboxylic acids is 1. The van der Waals surface area contributed by atoms with E-state index in [0.29, 0.717) is 48.1 Å². The van der Waals surface area contributed by atoms with E-state index in [1.165, 1.54) is 4.31 Å². The Morgan fingerprint density at radius 3 is 2.53 bits per heavy atom. The molecule has 3 heterocycles. The minimum atomic E-state index is -3.61. The number of sulfonamides is 1. The van der Waals surface area contributed by atoms with Crippen molar-refractivity contribution in [1.29, 1.82) is 0 Å². The Labute approximate surface area is 221 Å². The highest BCUT2D eigenvalue weighted by Crippen LogP contribution is 2.33. The van der Waals surface area contributed by atoms with Crippen LogP contribution in [-0.4, -0.2) is 74.5 Å². The third-order valence-corrected chi connectivity index (χ3v) is 9.39. The Morgan fingerprint density at radius 2 is 1.75 bits per heavy atom. The van der Waals surface area contributed by atoms with Crippen molar-refractivity contribution in [3.05, 3.63) is 57.6 Å². The molecule has 2 fully saturated rings. The van der Waals surface area contributed by atoms with Crippen LogP contribution in [0.15, 0.2) is 36.4 Å². The lowest BCUT2D eigenvalue weighted by Gasteiger charge is -2.38. The second-order valence-electron chi connectivity index (χ2n) is 9.48. The first-order valence-corrected chi connectivity index (χ1v) is 14.5. The third kappa shape index (κ3) is 5.75. The van der Waals surface area contributed by atoms with Crippen LogP contribution in [0.3, 0.4) is 0 Å². The van der Waals surface area contributed by atoms with Crippen molar-refractivity contribution < 1.29 is 22.7 Å². The molecule has 194 valence electrons. The minimum absolute atomic E-state index is 0.0437. The van der Waals surface area contributed by atoms with Crippen molar-refractivity contribution in [2.24, 2.45) is 5.92 Å². The molecule has 0 aromatic heterocycles. The lowest BCUT2D eigenvalue weighted by Crippen LogP contribution is -2.52. The second-order valence-corrected chi connectivity index (χ2v) is 12.3. The molecule has 3 aliphatic heterocycles. The van der Waals surface area contributed by atoms with Crippen molar-refractivity contribution in [2.45, 2.75) is 25.1 Å². The van der Waals surface area contributed by atoms with E-state index in [1.807, 2.05) is 23.1 Å². The first-order chi connectivity index (χ1) is 17.3. The molecular formula is C25H29Cl2N3O5S. The van der Waals surface area contributed by atoms with Gasteiger partial charge in [-0.25, -0.2) is 12.7 Å². The van der Waals surface area contributed by atoms with E-state index >= 15 is 0 Å². The van der Waals surface area contributed by atoms with Crippen LogP contribution in [0.5, 0.6) is 11.5 Å². The van der Waals surface area contributed by atoms with Gasteiger partial charge in [0.2, 0.25) is 22.7 Å². The molecule has 0 bridgehead atoms. The number of carbonyl (C=O) groups is 1. The Bertz CT molecular complexity index is 1230. The van der Waals surface area contributed by atoms with Crippen LogP contribution in [0.1, 0.15) is 24.0 Å². The number of ether oxygens (including phenoxy) is 2. The fraction of sp³-hybridized carbons (Fsp3) is 0.480. The number of benzene rings is 2. The van der Waals surface area contributed by atoms with Gasteiger partial charge in [-0.1, -0.05) is 35.3 Å². The molecule has 36 heavy (non-hydrogen) atoms. The maximum Gasteiger partial charge on any atom is 0.231 e. The lowest BCUT2D eigenvalue weighted by atomic mass is 9.97. The summed E-state index contributed by atoms with van der Waals surface area (Å²) in [5.74, 6) is 1.06. The van der Waals surface area contributed by atoms with Gasteiger partial charge in [-0.05, 0) is 48.2 Å². The number of rotatable bonds is 6. The zero-order chi connectivity index (χ0) is 25.3. The summed E-state index contributed by atoms with van der Waals surface area (Å²) in [6.07, 6.45) is 1.36. The fourth-order valence-electron chi connectivity index (χ4n) is 5.01. The highest BCUT2D eigenvalue weighted by molar-refractivity contribution is 7.88. The standard InChI is InChI=1S/C25H29Cl2N3O5S/c26-21-5-4-20(22(27)13-21)16-36(32,33)30-7-1-2-19(15-30)25(31)29-10-8-28(9-11-29)14-18-3-6-23-24(12-18)35-17-34-23/h3-6,12-13,19H,1-2,7-11,14-17H2/t19-/m1/s1. The first kappa shape index (κ1) is 25.6. The van der Waals surface area contributed by atoms with Crippen molar-refractivity contribution in [2.75, 3.05) is 46.1 Å². The van der Waals surface area contributed by atoms with Gasteiger partial charge >= 0.3 is 0 Å². The maximum atomic E-state index is 13.3. The largest absolute Gasteiger partial charge is 0.454 e. The molecule has 0 aliphatic carbocycles. The predicted octanol–water partition coefficient (Wildman–Crippen LogP) is 3.61. The Kier molecular flexibility index (Phi) is 7.65. The predicted molar refractivity (Wildman–Crippen MR) is 138 cm³/mol. The molecule has 0 spiro atoms. The van der Waals surface area contributed by atoms with Crippen LogP contribution in [0.25, 0.3) is 0 Å². The van der Waals surface area contributed by atoms with E-state index in [0.717, 1.165) is 36.7 Å². The van der Waals surface area contributed by atoms with E-state index < -0.39 is 10.0 Å². The molecular weight excluding hydrogens is 525 g/mol. The molecule has 2 aromatic carbocycles. The number of fused-ring (bicyclic) bond motifs is 1. The van der Waals surface area contributed by atoms with E-state index in [4.69, 9.17) is 32.7 Å². The Morgan fingerprint density at radius 1 is 0.972 bits per heavy atom. The van der Waals surface area contributed by atoms with Crippen molar-refractivity contribution in [3.8, 4) is 11.5 Å². The summed E-state index contributed by atoms with van der Waals surface area (Å²) in [7, 11) is -3.61. The lowest BCUT2D eigenvalue weighted by molar-refractivity contribution is -0.138. The average molecular weight is 554 g/mol. The van der Waals surface area contributed by atoms with E-state index in [-0.39, 0.29) is 30.9 Å². The van der Waals surface area contributed by atoms with Gasteiger partial charge in [0, 0.05) is 55.9 Å². The van der Waals surface area contributed by atoms with Crippen LogP contribution in [0.2, 0.25) is 10.0 Å².